The fourth-order valence-corrected chi connectivity index (χ4v) is 4.60. The zero-order valence-electron chi connectivity index (χ0n) is 17.8. The van der Waals surface area contributed by atoms with Crippen molar-refractivity contribution in [2.24, 2.45) is 7.05 Å². The van der Waals surface area contributed by atoms with Crippen LogP contribution in [-0.2, 0) is 23.1 Å². The number of hydrogen-bond acceptors (Lipinski definition) is 6. The molecule has 2 saturated heterocycles. The van der Waals surface area contributed by atoms with Crippen LogP contribution in [-0.4, -0.2) is 73.2 Å². The quantitative estimate of drug-likeness (QED) is 0.616. The molecule has 0 unspecified atom stereocenters. The van der Waals surface area contributed by atoms with Crippen molar-refractivity contribution < 1.29 is 14.3 Å². The van der Waals surface area contributed by atoms with Crippen LogP contribution in [0.1, 0.15) is 27.7 Å². The molecule has 0 N–H and O–H groups in total. The highest BCUT2D eigenvalue weighted by atomic mass is 16.5. The average Bonchev–Trinajstić information content (AvgIpc) is 3.42. The van der Waals surface area contributed by atoms with Gasteiger partial charge in [0.05, 0.1) is 25.4 Å². The third-order valence-electron chi connectivity index (χ3n) is 6.15. The number of pyridine rings is 2. The molecular weight excluding hydrogens is 408 g/mol. The van der Waals surface area contributed by atoms with Gasteiger partial charge in [-0.2, -0.15) is 5.10 Å². The Balaban J connectivity index is 1.48. The Morgan fingerprint density at radius 3 is 2.84 bits per heavy atom. The topological polar surface area (TPSA) is 93.5 Å². The van der Waals surface area contributed by atoms with E-state index in [0.717, 1.165) is 11.3 Å². The van der Waals surface area contributed by atoms with Crippen molar-refractivity contribution in [1.29, 1.82) is 0 Å². The zero-order chi connectivity index (χ0) is 22.1. The normalized spacial score (nSPS) is 23.2. The number of carbonyl (C=O) groups is 2. The summed E-state index contributed by atoms with van der Waals surface area (Å²) >= 11 is 0. The minimum Gasteiger partial charge on any atom is -0.361 e. The SMILES string of the molecule is Cn1ccc(C(=O)N2C[C@@H](c3cccnc3)[C@@]3(C2)OCCN(Cc2ccccn2)C3=O)n1. The molecule has 3 aromatic heterocycles. The molecule has 9 nitrogen and oxygen atoms in total. The highest BCUT2D eigenvalue weighted by Crippen LogP contribution is 2.42. The smallest absolute Gasteiger partial charge is 0.274 e. The second-order valence-electron chi connectivity index (χ2n) is 8.19. The van der Waals surface area contributed by atoms with E-state index in [0.29, 0.717) is 31.9 Å². The van der Waals surface area contributed by atoms with Crippen molar-refractivity contribution in [2.45, 2.75) is 18.1 Å². The van der Waals surface area contributed by atoms with E-state index < -0.39 is 5.60 Å². The van der Waals surface area contributed by atoms with Gasteiger partial charge in [0, 0.05) is 50.8 Å². The lowest BCUT2D eigenvalue weighted by molar-refractivity contribution is -0.172. The van der Waals surface area contributed by atoms with Gasteiger partial charge in [-0.15, -0.1) is 0 Å². The number of aromatic nitrogens is 4. The molecule has 0 aromatic carbocycles. The summed E-state index contributed by atoms with van der Waals surface area (Å²) in [4.78, 5) is 39.1. The lowest BCUT2D eigenvalue weighted by Gasteiger charge is -2.42. The van der Waals surface area contributed by atoms with E-state index in [1.54, 1.807) is 52.4 Å². The molecule has 32 heavy (non-hydrogen) atoms. The number of likely N-dealkylation sites (tertiary alicyclic amines) is 1. The zero-order valence-corrected chi connectivity index (χ0v) is 17.8. The van der Waals surface area contributed by atoms with E-state index in [9.17, 15) is 9.59 Å². The summed E-state index contributed by atoms with van der Waals surface area (Å²) in [5.74, 6) is -0.669. The van der Waals surface area contributed by atoms with Crippen LogP contribution in [0.4, 0.5) is 0 Å². The van der Waals surface area contributed by atoms with E-state index in [1.165, 1.54) is 0 Å². The summed E-state index contributed by atoms with van der Waals surface area (Å²) in [7, 11) is 1.77. The fourth-order valence-electron chi connectivity index (χ4n) is 4.60. The molecule has 1 spiro atoms. The minimum absolute atomic E-state index is 0.125. The van der Waals surface area contributed by atoms with Crippen LogP contribution in [0.5, 0.6) is 0 Å². The molecule has 0 bridgehead atoms. The van der Waals surface area contributed by atoms with E-state index in [4.69, 9.17) is 4.74 Å². The molecule has 9 heteroatoms. The van der Waals surface area contributed by atoms with Crippen LogP contribution >= 0.6 is 0 Å². The van der Waals surface area contributed by atoms with Crippen LogP contribution in [0.3, 0.4) is 0 Å². The van der Waals surface area contributed by atoms with Gasteiger partial charge in [-0.1, -0.05) is 12.1 Å². The van der Waals surface area contributed by atoms with Gasteiger partial charge < -0.3 is 14.5 Å². The molecule has 2 fully saturated rings. The summed E-state index contributed by atoms with van der Waals surface area (Å²) in [6.45, 7) is 1.79. The molecular formula is C23H24N6O3. The van der Waals surface area contributed by atoms with E-state index in [-0.39, 0.29) is 24.3 Å². The second kappa shape index (κ2) is 8.16. The molecule has 2 aliphatic heterocycles. The first kappa shape index (κ1) is 20.3. The predicted octanol–water partition coefficient (Wildman–Crippen LogP) is 1.25. The number of rotatable bonds is 4. The summed E-state index contributed by atoms with van der Waals surface area (Å²) in [5.41, 5.74) is 0.871. The van der Waals surface area contributed by atoms with E-state index in [1.807, 2.05) is 30.3 Å². The molecule has 3 aromatic rings. The summed E-state index contributed by atoms with van der Waals surface area (Å²) in [6, 6.07) is 11.1. The maximum atomic E-state index is 13.8. The van der Waals surface area contributed by atoms with Gasteiger partial charge in [-0.3, -0.25) is 24.2 Å². The van der Waals surface area contributed by atoms with Gasteiger partial charge in [0.15, 0.2) is 5.60 Å². The Labute approximate surface area is 185 Å². The Hall–Kier alpha value is -3.59. The molecule has 164 valence electrons. The monoisotopic (exact) mass is 432 g/mol. The number of hydrogen-bond donors (Lipinski definition) is 0. The molecule has 2 atom stereocenters. The van der Waals surface area contributed by atoms with Crippen molar-refractivity contribution in [3.63, 3.8) is 0 Å². The second-order valence-corrected chi connectivity index (χ2v) is 8.19. The van der Waals surface area contributed by atoms with Crippen molar-refractivity contribution in [2.75, 3.05) is 26.2 Å². The van der Waals surface area contributed by atoms with Crippen LogP contribution in [0.2, 0.25) is 0 Å². The number of aryl methyl sites for hydroxylation is 1. The molecule has 0 aliphatic carbocycles. The highest BCUT2D eigenvalue weighted by molar-refractivity contribution is 5.95. The molecule has 0 saturated carbocycles. The minimum atomic E-state index is -1.17. The maximum Gasteiger partial charge on any atom is 0.274 e. The largest absolute Gasteiger partial charge is 0.361 e. The van der Waals surface area contributed by atoms with Gasteiger partial charge in [-0.25, -0.2) is 0 Å². The Morgan fingerprint density at radius 1 is 1.22 bits per heavy atom. The standard InChI is InChI=1S/C23H24N6O3/c1-27-10-7-20(26-27)21(30)29-15-19(17-5-4-8-24-13-17)23(16-29)22(31)28(11-12-32-23)14-18-6-2-3-9-25-18/h2-10,13,19H,11-12,14-16H2,1H3/t19-,23+/m0/s1. The number of amides is 2. The van der Waals surface area contributed by atoms with Crippen molar-refractivity contribution in [1.82, 2.24) is 29.5 Å². The Morgan fingerprint density at radius 2 is 2.12 bits per heavy atom. The molecule has 2 amide bonds. The number of nitrogens with zero attached hydrogens (tertiary/aromatic N) is 6. The number of morpholine rings is 1. The van der Waals surface area contributed by atoms with Crippen LogP contribution in [0.25, 0.3) is 0 Å². The first-order valence-electron chi connectivity index (χ1n) is 10.6. The lowest BCUT2D eigenvalue weighted by atomic mass is 9.83. The van der Waals surface area contributed by atoms with E-state index in [2.05, 4.69) is 15.1 Å². The van der Waals surface area contributed by atoms with Gasteiger partial charge in [0.1, 0.15) is 5.69 Å². The number of ether oxygens (including phenoxy) is 1. The molecule has 0 radical (unpaired) electrons. The average molecular weight is 432 g/mol. The first-order chi connectivity index (χ1) is 15.6. The van der Waals surface area contributed by atoms with E-state index >= 15 is 0 Å². The fraction of sp³-hybridized carbons (Fsp3) is 0.348. The van der Waals surface area contributed by atoms with Crippen LogP contribution in [0, 0.1) is 0 Å². The molecule has 5 heterocycles. The van der Waals surface area contributed by atoms with Crippen molar-refractivity contribution in [3.8, 4) is 0 Å². The summed E-state index contributed by atoms with van der Waals surface area (Å²) in [6.07, 6.45) is 6.89. The summed E-state index contributed by atoms with van der Waals surface area (Å²) in [5, 5.41) is 4.25. The van der Waals surface area contributed by atoms with Gasteiger partial charge in [0.25, 0.3) is 11.8 Å². The molecule has 2 aliphatic rings. The van der Waals surface area contributed by atoms with Crippen LogP contribution in [0.15, 0.2) is 61.2 Å². The Kier molecular flexibility index (Phi) is 5.18. The third kappa shape index (κ3) is 3.54. The first-order valence-corrected chi connectivity index (χ1v) is 10.6. The number of carbonyl (C=O) groups excluding carboxylic acids is 2. The van der Waals surface area contributed by atoms with Crippen LogP contribution < -0.4 is 0 Å². The third-order valence-corrected chi connectivity index (χ3v) is 6.15. The van der Waals surface area contributed by atoms with Crippen molar-refractivity contribution in [3.05, 3.63) is 78.1 Å². The Bertz CT molecular complexity index is 1120. The van der Waals surface area contributed by atoms with Gasteiger partial charge in [0.2, 0.25) is 0 Å². The highest BCUT2D eigenvalue weighted by Gasteiger charge is 2.58. The maximum absolute atomic E-state index is 13.8. The van der Waals surface area contributed by atoms with Crippen molar-refractivity contribution >= 4 is 11.8 Å². The van der Waals surface area contributed by atoms with Gasteiger partial charge in [-0.05, 0) is 29.8 Å². The molecule has 5 rings (SSSR count). The van der Waals surface area contributed by atoms with Gasteiger partial charge >= 0.3 is 0 Å². The predicted molar refractivity (Wildman–Crippen MR) is 114 cm³/mol. The lowest BCUT2D eigenvalue weighted by Crippen LogP contribution is -2.60. The summed E-state index contributed by atoms with van der Waals surface area (Å²) < 4.78 is 7.83.